The minimum absolute atomic E-state index is 0.0784. The smallest absolute Gasteiger partial charge is 0.251 e. The van der Waals surface area contributed by atoms with Gasteiger partial charge >= 0.3 is 0 Å². The van der Waals surface area contributed by atoms with Crippen LogP contribution in [0.15, 0.2) is 48.8 Å². The lowest BCUT2D eigenvalue weighted by atomic mass is 10.2. The van der Waals surface area contributed by atoms with Crippen molar-refractivity contribution in [3.8, 4) is 11.5 Å². The van der Waals surface area contributed by atoms with Gasteiger partial charge in [-0.15, -0.1) is 0 Å². The maximum Gasteiger partial charge on any atom is 0.251 e. The molecule has 3 rings (SSSR count). The first-order chi connectivity index (χ1) is 11.8. The van der Waals surface area contributed by atoms with Crippen molar-refractivity contribution in [3.05, 3.63) is 54.4 Å². The molecule has 6 nitrogen and oxygen atoms in total. The molecule has 2 N–H and O–H groups in total. The van der Waals surface area contributed by atoms with Crippen LogP contribution in [0.25, 0.3) is 0 Å². The van der Waals surface area contributed by atoms with Crippen LogP contribution >= 0.6 is 0 Å². The number of aromatic nitrogens is 1. The summed E-state index contributed by atoms with van der Waals surface area (Å²) in [5.74, 6) is 1.25. The van der Waals surface area contributed by atoms with E-state index in [4.69, 9.17) is 4.74 Å². The largest absolute Gasteiger partial charge is 0.457 e. The second-order valence-electron chi connectivity index (χ2n) is 5.66. The standard InChI is InChI=1S/C18H22N4O2/c23-18(21-10-13-22-11-8-20-9-12-22)15-2-1-3-17(14-15)24-16-4-6-19-7-5-16/h1-7,14,20H,8-13H2,(H,21,23). The van der Waals surface area contributed by atoms with Crippen LogP contribution in [-0.2, 0) is 0 Å². The molecule has 1 aromatic heterocycles. The van der Waals surface area contributed by atoms with Crippen LogP contribution in [0.2, 0.25) is 0 Å². The summed E-state index contributed by atoms with van der Waals surface area (Å²) in [7, 11) is 0. The second-order valence-corrected chi connectivity index (χ2v) is 5.66. The van der Waals surface area contributed by atoms with Crippen LogP contribution in [0.3, 0.4) is 0 Å². The lowest BCUT2D eigenvalue weighted by Crippen LogP contribution is -2.46. The number of pyridine rings is 1. The van der Waals surface area contributed by atoms with Gasteiger partial charge in [-0.2, -0.15) is 0 Å². The molecular formula is C18H22N4O2. The van der Waals surface area contributed by atoms with Crippen molar-refractivity contribution in [1.29, 1.82) is 0 Å². The number of hydrogen-bond donors (Lipinski definition) is 2. The van der Waals surface area contributed by atoms with Gasteiger partial charge in [0.05, 0.1) is 0 Å². The van der Waals surface area contributed by atoms with Crippen LogP contribution in [0.4, 0.5) is 0 Å². The van der Waals surface area contributed by atoms with E-state index < -0.39 is 0 Å². The van der Waals surface area contributed by atoms with E-state index in [1.165, 1.54) is 0 Å². The Balaban J connectivity index is 1.52. The normalized spacial score (nSPS) is 15.0. The Morgan fingerprint density at radius 1 is 1.17 bits per heavy atom. The Kier molecular flexibility index (Phi) is 5.76. The number of piperazine rings is 1. The number of amides is 1. The highest BCUT2D eigenvalue weighted by atomic mass is 16.5. The lowest BCUT2D eigenvalue weighted by molar-refractivity contribution is 0.0947. The molecule has 0 spiro atoms. The van der Waals surface area contributed by atoms with E-state index in [9.17, 15) is 4.79 Å². The Morgan fingerprint density at radius 3 is 2.75 bits per heavy atom. The molecule has 1 amide bonds. The first kappa shape index (κ1) is 16.4. The van der Waals surface area contributed by atoms with E-state index in [2.05, 4.69) is 20.5 Å². The molecule has 2 heterocycles. The molecule has 1 saturated heterocycles. The molecule has 1 aromatic carbocycles. The SMILES string of the molecule is O=C(NCCN1CCNCC1)c1cccc(Oc2ccncc2)c1. The van der Waals surface area contributed by atoms with E-state index in [1.807, 2.05) is 12.1 Å². The van der Waals surface area contributed by atoms with Crippen molar-refractivity contribution in [2.45, 2.75) is 0 Å². The number of ether oxygens (including phenoxy) is 1. The highest BCUT2D eigenvalue weighted by Crippen LogP contribution is 2.21. The fourth-order valence-electron chi connectivity index (χ4n) is 2.61. The molecule has 24 heavy (non-hydrogen) atoms. The fraction of sp³-hybridized carbons (Fsp3) is 0.333. The molecule has 0 atom stereocenters. The maximum absolute atomic E-state index is 12.3. The Hall–Kier alpha value is -2.44. The van der Waals surface area contributed by atoms with Crippen molar-refractivity contribution in [3.63, 3.8) is 0 Å². The van der Waals surface area contributed by atoms with Gasteiger partial charge in [0.1, 0.15) is 11.5 Å². The van der Waals surface area contributed by atoms with Crippen molar-refractivity contribution in [2.75, 3.05) is 39.3 Å². The van der Waals surface area contributed by atoms with Gasteiger partial charge in [0, 0.05) is 57.2 Å². The first-order valence-corrected chi connectivity index (χ1v) is 8.20. The predicted octanol–water partition coefficient (Wildman–Crippen LogP) is 1.51. The molecule has 6 heteroatoms. The highest BCUT2D eigenvalue weighted by Gasteiger charge is 2.11. The van der Waals surface area contributed by atoms with E-state index in [0.717, 1.165) is 32.7 Å². The molecule has 126 valence electrons. The minimum Gasteiger partial charge on any atom is -0.457 e. The van der Waals surface area contributed by atoms with Gasteiger partial charge in [-0.1, -0.05) is 6.07 Å². The maximum atomic E-state index is 12.3. The van der Waals surface area contributed by atoms with Crippen LogP contribution in [0, 0.1) is 0 Å². The topological polar surface area (TPSA) is 66.5 Å². The summed E-state index contributed by atoms with van der Waals surface area (Å²) >= 11 is 0. The molecule has 1 fully saturated rings. The zero-order valence-electron chi connectivity index (χ0n) is 13.6. The average Bonchev–Trinajstić information content (AvgIpc) is 2.64. The summed E-state index contributed by atoms with van der Waals surface area (Å²) in [5, 5.41) is 6.29. The van der Waals surface area contributed by atoms with Gasteiger partial charge in [-0.3, -0.25) is 14.7 Å². The molecular weight excluding hydrogens is 304 g/mol. The molecule has 0 bridgehead atoms. The summed E-state index contributed by atoms with van der Waals surface area (Å²) in [6.45, 7) is 5.62. The molecule has 1 aliphatic heterocycles. The van der Waals surface area contributed by atoms with Crippen LogP contribution < -0.4 is 15.4 Å². The highest BCUT2D eigenvalue weighted by molar-refractivity contribution is 5.94. The molecule has 1 aliphatic rings. The quantitative estimate of drug-likeness (QED) is 0.842. The summed E-state index contributed by atoms with van der Waals surface area (Å²) in [4.78, 5) is 18.6. The Labute approximate surface area is 141 Å². The second kappa shape index (κ2) is 8.42. The third kappa shape index (κ3) is 4.78. The summed E-state index contributed by atoms with van der Waals surface area (Å²) in [6, 6.07) is 10.8. The number of nitrogens with one attached hydrogen (secondary N) is 2. The van der Waals surface area contributed by atoms with Gasteiger partial charge in [0.15, 0.2) is 0 Å². The predicted molar refractivity (Wildman–Crippen MR) is 92.4 cm³/mol. The Bertz CT molecular complexity index is 657. The summed E-state index contributed by atoms with van der Waals surface area (Å²) in [6.07, 6.45) is 3.34. The zero-order valence-corrected chi connectivity index (χ0v) is 13.6. The summed E-state index contributed by atoms with van der Waals surface area (Å²) < 4.78 is 5.73. The van der Waals surface area contributed by atoms with Crippen molar-refractivity contribution < 1.29 is 9.53 Å². The van der Waals surface area contributed by atoms with E-state index in [-0.39, 0.29) is 5.91 Å². The number of rotatable bonds is 6. The fourth-order valence-corrected chi connectivity index (χ4v) is 2.61. The van der Waals surface area contributed by atoms with Crippen molar-refractivity contribution in [2.24, 2.45) is 0 Å². The van der Waals surface area contributed by atoms with Gasteiger partial charge in [0.2, 0.25) is 0 Å². The summed E-state index contributed by atoms with van der Waals surface area (Å²) in [5.41, 5.74) is 0.599. The number of hydrogen-bond acceptors (Lipinski definition) is 5. The van der Waals surface area contributed by atoms with Gasteiger partial charge < -0.3 is 15.4 Å². The minimum atomic E-state index is -0.0784. The van der Waals surface area contributed by atoms with Crippen LogP contribution in [0.1, 0.15) is 10.4 Å². The van der Waals surface area contributed by atoms with Crippen LogP contribution in [0.5, 0.6) is 11.5 Å². The van der Waals surface area contributed by atoms with Crippen molar-refractivity contribution >= 4 is 5.91 Å². The van der Waals surface area contributed by atoms with E-state index in [0.29, 0.717) is 23.6 Å². The third-order valence-corrected chi connectivity index (χ3v) is 3.90. The van der Waals surface area contributed by atoms with Gasteiger partial charge in [0.25, 0.3) is 5.91 Å². The van der Waals surface area contributed by atoms with Crippen molar-refractivity contribution in [1.82, 2.24) is 20.5 Å². The van der Waals surface area contributed by atoms with E-state index in [1.54, 1.807) is 36.7 Å². The third-order valence-electron chi connectivity index (χ3n) is 3.90. The number of carbonyl (C=O) groups is 1. The monoisotopic (exact) mass is 326 g/mol. The number of benzene rings is 1. The molecule has 0 saturated carbocycles. The number of carbonyl (C=O) groups excluding carboxylic acids is 1. The zero-order chi connectivity index (χ0) is 16.6. The Morgan fingerprint density at radius 2 is 1.96 bits per heavy atom. The lowest BCUT2D eigenvalue weighted by Gasteiger charge is -2.27. The van der Waals surface area contributed by atoms with Gasteiger partial charge in [-0.25, -0.2) is 0 Å². The van der Waals surface area contributed by atoms with Crippen LogP contribution in [-0.4, -0.2) is 55.1 Å². The molecule has 0 aliphatic carbocycles. The molecule has 2 aromatic rings. The average molecular weight is 326 g/mol. The molecule has 0 radical (unpaired) electrons. The molecule has 0 unspecified atom stereocenters. The van der Waals surface area contributed by atoms with E-state index >= 15 is 0 Å². The number of nitrogens with zero attached hydrogens (tertiary/aromatic N) is 2. The van der Waals surface area contributed by atoms with Gasteiger partial charge in [-0.05, 0) is 30.3 Å². The first-order valence-electron chi connectivity index (χ1n) is 8.20.